The Hall–Kier alpha value is -2.30. The van der Waals surface area contributed by atoms with Crippen molar-refractivity contribution in [2.24, 2.45) is 0 Å². The van der Waals surface area contributed by atoms with Gasteiger partial charge in [0, 0.05) is 6.07 Å². The van der Waals surface area contributed by atoms with Crippen molar-refractivity contribution in [3.63, 3.8) is 0 Å². The first-order valence-corrected chi connectivity index (χ1v) is 4.78. The quantitative estimate of drug-likeness (QED) is 0.590. The molecule has 0 heterocycles. The third-order valence-electron chi connectivity index (χ3n) is 2.30. The second-order valence-electron chi connectivity index (χ2n) is 3.43. The van der Waals surface area contributed by atoms with Gasteiger partial charge in [-0.25, -0.2) is 4.39 Å². The van der Waals surface area contributed by atoms with Gasteiger partial charge in [-0.15, -0.1) is 0 Å². The predicted octanol–water partition coefficient (Wildman–Crippen LogP) is 3.54. The highest BCUT2D eigenvalue weighted by Gasteiger charge is 2.14. The third-order valence-corrected chi connectivity index (χ3v) is 2.30. The van der Waals surface area contributed by atoms with Gasteiger partial charge in [-0.1, -0.05) is 12.1 Å². The van der Waals surface area contributed by atoms with Gasteiger partial charge in [-0.2, -0.15) is 4.39 Å². The molecule has 2 rings (SSSR count). The maximum atomic E-state index is 13.4. The molecule has 0 bridgehead atoms. The molecule has 5 heteroatoms. The molecule has 3 nitrogen and oxygen atoms in total. The molecule has 0 radical (unpaired) electrons. The van der Waals surface area contributed by atoms with Gasteiger partial charge >= 0.3 is 5.69 Å². The molecular formula is C12H7F2NO2. The standard InChI is InChI=1S/C12H7F2NO2/c13-10-3-1-2-8(6-10)9-4-5-12(15(16)17)11(14)7-9/h1-7H. The largest absolute Gasteiger partial charge is 0.304 e. The molecule has 0 aliphatic carbocycles. The molecule has 2 aromatic carbocycles. The summed E-state index contributed by atoms with van der Waals surface area (Å²) in [6.07, 6.45) is 0. The molecule has 0 saturated carbocycles. The Morgan fingerprint density at radius 1 is 1.00 bits per heavy atom. The first-order valence-electron chi connectivity index (χ1n) is 4.78. The molecule has 17 heavy (non-hydrogen) atoms. The van der Waals surface area contributed by atoms with Crippen LogP contribution in [0.5, 0.6) is 0 Å². The average Bonchev–Trinajstić information content (AvgIpc) is 2.28. The zero-order chi connectivity index (χ0) is 12.4. The van der Waals surface area contributed by atoms with E-state index in [1.54, 1.807) is 6.07 Å². The molecule has 0 fully saturated rings. The normalized spacial score (nSPS) is 10.2. The molecule has 0 aliphatic rings. The minimum Gasteiger partial charge on any atom is -0.258 e. The molecule has 0 amide bonds. The van der Waals surface area contributed by atoms with Crippen molar-refractivity contribution in [1.82, 2.24) is 0 Å². The fraction of sp³-hybridized carbons (Fsp3) is 0. The van der Waals surface area contributed by atoms with Gasteiger partial charge in [0.25, 0.3) is 0 Å². The molecular weight excluding hydrogens is 228 g/mol. The smallest absolute Gasteiger partial charge is 0.258 e. The van der Waals surface area contributed by atoms with Gasteiger partial charge in [-0.05, 0) is 35.4 Å². The lowest BCUT2D eigenvalue weighted by molar-refractivity contribution is -0.387. The SMILES string of the molecule is O=[N+]([O-])c1ccc(-c2cccc(F)c2)cc1F. The van der Waals surface area contributed by atoms with Crippen molar-refractivity contribution in [2.45, 2.75) is 0 Å². The first-order chi connectivity index (χ1) is 8.08. The van der Waals surface area contributed by atoms with Crippen molar-refractivity contribution >= 4 is 5.69 Å². The number of halogens is 2. The van der Waals surface area contributed by atoms with E-state index >= 15 is 0 Å². The number of nitro groups is 1. The number of benzene rings is 2. The topological polar surface area (TPSA) is 43.1 Å². The van der Waals surface area contributed by atoms with Crippen LogP contribution in [-0.2, 0) is 0 Å². The second kappa shape index (κ2) is 4.29. The van der Waals surface area contributed by atoms with Crippen LogP contribution in [0.1, 0.15) is 0 Å². The average molecular weight is 235 g/mol. The molecule has 2 aromatic rings. The minimum absolute atomic E-state index is 0.396. The van der Waals surface area contributed by atoms with Gasteiger partial charge in [0.15, 0.2) is 0 Å². The Morgan fingerprint density at radius 2 is 1.71 bits per heavy atom. The van der Waals surface area contributed by atoms with Crippen LogP contribution in [-0.4, -0.2) is 4.92 Å². The summed E-state index contributed by atoms with van der Waals surface area (Å²) < 4.78 is 26.3. The summed E-state index contributed by atoms with van der Waals surface area (Å²) in [4.78, 5) is 9.63. The predicted molar refractivity (Wildman–Crippen MR) is 58.4 cm³/mol. The maximum Gasteiger partial charge on any atom is 0.304 e. The Bertz CT molecular complexity index is 584. The monoisotopic (exact) mass is 235 g/mol. The van der Waals surface area contributed by atoms with Crippen LogP contribution in [0.3, 0.4) is 0 Å². The van der Waals surface area contributed by atoms with Crippen LogP contribution < -0.4 is 0 Å². The zero-order valence-electron chi connectivity index (χ0n) is 8.56. The zero-order valence-corrected chi connectivity index (χ0v) is 8.56. The van der Waals surface area contributed by atoms with Crippen LogP contribution >= 0.6 is 0 Å². The van der Waals surface area contributed by atoms with E-state index in [0.717, 1.165) is 12.1 Å². The number of rotatable bonds is 2. The second-order valence-corrected chi connectivity index (χ2v) is 3.43. The van der Waals surface area contributed by atoms with E-state index in [1.165, 1.54) is 24.3 Å². The molecule has 0 aliphatic heterocycles. The summed E-state index contributed by atoms with van der Waals surface area (Å²) in [6, 6.07) is 9.07. The molecule has 0 aromatic heterocycles. The highest BCUT2D eigenvalue weighted by molar-refractivity contribution is 5.65. The van der Waals surface area contributed by atoms with Crippen LogP contribution in [0.4, 0.5) is 14.5 Å². The Labute approximate surface area is 95.5 Å². The van der Waals surface area contributed by atoms with Gasteiger partial charge in [0.2, 0.25) is 5.82 Å². The highest BCUT2D eigenvalue weighted by Crippen LogP contribution is 2.25. The van der Waals surface area contributed by atoms with E-state index in [1.807, 2.05) is 0 Å². The van der Waals surface area contributed by atoms with Crippen molar-refractivity contribution in [3.8, 4) is 11.1 Å². The maximum absolute atomic E-state index is 13.4. The van der Waals surface area contributed by atoms with Crippen molar-refractivity contribution in [1.29, 1.82) is 0 Å². The highest BCUT2D eigenvalue weighted by atomic mass is 19.1. The van der Waals surface area contributed by atoms with Crippen LogP contribution in [0.15, 0.2) is 42.5 Å². The summed E-state index contributed by atoms with van der Waals surface area (Å²) in [5.74, 6) is -1.38. The minimum atomic E-state index is -0.934. The van der Waals surface area contributed by atoms with E-state index in [-0.39, 0.29) is 0 Å². The summed E-state index contributed by atoms with van der Waals surface area (Å²) >= 11 is 0. The number of hydrogen-bond acceptors (Lipinski definition) is 2. The molecule has 0 saturated heterocycles. The summed E-state index contributed by atoms with van der Waals surface area (Å²) in [5, 5.41) is 10.4. The fourth-order valence-electron chi connectivity index (χ4n) is 1.50. The first kappa shape index (κ1) is 11.2. The fourth-order valence-corrected chi connectivity index (χ4v) is 1.50. The lowest BCUT2D eigenvalue weighted by Gasteiger charge is -2.02. The molecule has 0 spiro atoms. The molecule has 0 atom stereocenters. The van der Waals surface area contributed by atoms with E-state index in [2.05, 4.69) is 0 Å². The summed E-state index contributed by atoms with van der Waals surface area (Å²) in [7, 11) is 0. The van der Waals surface area contributed by atoms with Crippen molar-refractivity contribution in [3.05, 3.63) is 64.2 Å². The lowest BCUT2D eigenvalue weighted by atomic mass is 10.1. The van der Waals surface area contributed by atoms with Gasteiger partial charge in [0.05, 0.1) is 4.92 Å². The third kappa shape index (κ3) is 2.28. The van der Waals surface area contributed by atoms with Gasteiger partial charge in [0.1, 0.15) is 5.82 Å². The van der Waals surface area contributed by atoms with Crippen molar-refractivity contribution < 1.29 is 13.7 Å². The van der Waals surface area contributed by atoms with E-state index in [4.69, 9.17) is 0 Å². The van der Waals surface area contributed by atoms with Crippen LogP contribution in [0, 0.1) is 21.7 Å². The van der Waals surface area contributed by atoms with Crippen LogP contribution in [0.25, 0.3) is 11.1 Å². The van der Waals surface area contributed by atoms with E-state index in [0.29, 0.717) is 11.1 Å². The molecule has 86 valence electrons. The summed E-state index contributed by atoms with van der Waals surface area (Å²) in [6.45, 7) is 0. The lowest BCUT2D eigenvalue weighted by Crippen LogP contribution is -1.92. The van der Waals surface area contributed by atoms with Gasteiger partial charge < -0.3 is 0 Å². The number of nitro benzene ring substituents is 1. The Morgan fingerprint density at radius 3 is 2.29 bits per heavy atom. The molecule has 0 N–H and O–H groups in total. The summed E-state index contributed by atoms with van der Waals surface area (Å²) in [5.41, 5.74) is 0.275. The number of nitrogens with zero attached hydrogens (tertiary/aromatic N) is 1. The van der Waals surface area contributed by atoms with Crippen LogP contribution in [0.2, 0.25) is 0 Å². The Kier molecular flexibility index (Phi) is 2.82. The number of hydrogen-bond donors (Lipinski definition) is 0. The van der Waals surface area contributed by atoms with Crippen molar-refractivity contribution in [2.75, 3.05) is 0 Å². The van der Waals surface area contributed by atoms with E-state index < -0.39 is 22.2 Å². The van der Waals surface area contributed by atoms with Gasteiger partial charge in [-0.3, -0.25) is 10.1 Å². The van der Waals surface area contributed by atoms with E-state index in [9.17, 15) is 18.9 Å². The molecule has 0 unspecified atom stereocenters. The Balaban J connectivity index is 2.48.